The molecule has 1 aliphatic rings. The lowest BCUT2D eigenvalue weighted by molar-refractivity contribution is 0.162. The van der Waals surface area contributed by atoms with Crippen molar-refractivity contribution in [3.8, 4) is 0 Å². The van der Waals surface area contributed by atoms with E-state index in [0.717, 1.165) is 25.9 Å². The lowest BCUT2D eigenvalue weighted by atomic mass is 9.81. The van der Waals surface area contributed by atoms with Crippen molar-refractivity contribution in [2.24, 2.45) is 11.7 Å². The average molecular weight is 180 g/mol. The lowest BCUT2D eigenvalue weighted by Gasteiger charge is -2.38. The Kier molecular flexibility index (Phi) is 3.01. The first kappa shape index (κ1) is 10.6. The molecule has 1 saturated heterocycles. The van der Waals surface area contributed by atoms with Crippen LogP contribution < -0.4 is 5.73 Å². The van der Waals surface area contributed by atoms with Gasteiger partial charge in [0.2, 0.25) is 7.85 Å². The summed E-state index contributed by atoms with van der Waals surface area (Å²) in [6.07, 6.45) is 1.93. The molecule has 0 unspecified atom stereocenters. The summed E-state index contributed by atoms with van der Waals surface area (Å²) in [6, 6.07) is 0. The average Bonchev–Trinajstić information content (AvgIpc) is 2.03. The molecule has 2 radical (unpaired) electrons. The Morgan fingerprint density at radius 1 is 1.46 bits per heavy atom. The van der Waals surface area contributed by atoms with Crippen molar-refractivity contribution in [2.45, 2.75) is 32.2 Å². The number of nitrogens with two attached hydrogens (primary N) is 1. The highest BCUT2D eigenvalue weighted by Gasteiger charge is 2.29. The Morgan fingerprint density at radius 3 is 2.23 bits per heavy atom. The molecule has 3 nitrogen and oxygen atoms in total. The van der Waals surface area contributed by atoms with E-state index in [2.05, 4.69) is 0 Å². The predicted octanol–water partition coefficient (Wildman–Crippen LogP) is 0.724. The molecule has 4 heteroatoms. The molecule has 13 heavy (non-hydrogen) atoms. The molecule has 1 fully saturated rings. The van der Waals surface area contributed by atoms with Crippen molar-refractivity contribution in [2.75, 3.05) is 13.1 Å². The standard InChI is InChI=1S/C9H17BN2O/c1-9(2,11)7-3-5-12(6-4-7)8(10)13/h7H,3-6,11H2,1-2H3. The fourth-order valence-corrected chi connectivity index (χ4v) is 1.84. The second-order valence-corrected chi connectivity index (χ2v) is 4.42. The van der Waals surface area contributed by atoms with Crippen LogP contribution in [0, 0.1) is 5.92 Å². The molecule has 0 aliphatic carbocycles. The molecule has 0 bridgehead atoms. The van der Waals surface area contributed by atoms with Crippen LogP contribution in [0.1, 0.15) is 26.7 Å². The number of hydrogen-bond acceptors (Lipinski definition) is 2. The topological polar surface area (TPSA) is 46.3 Å². The number of nitrogens with zero attached hydrogens (tertiary/aromatic N) is 1. The summed E-state index contributed by atoms with van der Waals surface area (Å²) in [5.74, 6) is 0.191. The fourth-order valence-electron chi connectivity index (χ4n) is 1.84. The van der Waals surface area contributed by atoms with Crippen LogP contribution in [0.25, 0.3) is 0 Å². The first-order valence-corrected chi connectivity index (χ1v) is 4.74. The first-order valence-electron chi connectivity index (χ1n) is 4.74. The minimum atomic E-state index is -0.312. The Labute approximate surface area is 81.1 Å². The number of rotatable bonds is 1. The van der Waals surface area contributed by atoms with Gasteiger partial charge >= 0.3 is 0 Å². The van der Waals surface area contributed by atoms with E-state index in [1.54, 1.807) is 4.90 Å². The Balaban J connectivity index is 2.44. The van der Waals surface area contributed by atoms with Gasteiger partial charge in [-0.05, 0) is 32.6 Å². The van der Waals surface area contributed by atoms with Crippen LogP contribution in [0.2, 0.25) is 0 Å². The second-order valence-electron chi connectivity index (χ2n) is 4.42. The van der Waals surface area contributed by atoms with E-state index in [1.165, 1.54) is 0 Å². The van der Waals surface area contributed by atoms with Crippen LogP contribution in [0.5, 0.6) is 0 Å². The van der Waals surface area contributed by atoms with E-state index >= 15 is 0 Å². The highest BCUT2D eigenvalue weighted by Crippen LogP contribution is 2.25. The number of carbonyl (C=O) groups excluding carboxylic acids is 1. The maximum Gasteiger partial charge on any atom is 0.200 e. The van der Waals surface area contributed by atoms with E-state index in [-0.39, 0.29) is 11.3 Å². The van der Waals surface area contributed by atoms with Crippen molar-refractivity contribution < 1.29 is 4.79 Å². The SMILES string of the molecule is [B]C(=O)N1CCC(C(C)(C)N)CC1. The normalized spacial score (nSPS) is 20.4. The van der Waals surface area contributed by atoms with Gasteiger partial charge in [0.1, 0.15) is 0 Å². The summed E-state index contributed by atoms with van der Waals surface area (Å²) in [5.41, 5.74) is 5.86. The van der Waals surface area contributed by atoms with Gasteiger partial charge in [0, 0.05) is 18.6 Å². The van der Waals surface area contributed by atoms with Crippen LogP contribution in [0.3, 0.4) is 0 Å². The van der Waals surface area contributed by atoms with Gasteiger partial charge in [-0.15, -0.1) is 0 Å². The molecule has 0 aromatic heterocycles. The number of amides is 1. The van der Waals surface area contributed by atoms with E-state index in [4.69, 9.17) is 13.6 Å². The second kappa shape index (κ2) is 3.70. The number of piperidine rings is 1. The molecule has 1 amide bonds. The fraction of sp³-hybridized carbons (Fsp3) is 0.889. The third-order valence-electron chi connectivity index (χ3n) is 2.86. The zero-order chi connectivity index (χ0) is 10.1. The summed E-state index contributed by atoms with van der Waals surface area (Å²) >= 11 is 0. The van der Waals surface area contributed by atoms with Crippen LogP contribution >= 0.6 is 0 Å². The highest BCUT2D eigenvalue weighted by molar-refractivity contribution is 6.56. The molecule has 0 saturated carbocycles. The molecule has 1 rings (SSSR count). The zero-order valence-electron chi connectivity index (χ0n) is 8.42. The van der Waals surface area contributed by atoms with Crippen LogP contribution in [0.4, 0.5) is 4.79 Å². The monoisotopic (exact) mass is 180 g/mol. The maximum atomic E-state index is 10.8. The molecule has 0 atom stereocenters. The van der Waals surface area contributed by atoms with Gasteiger partial charge in [-0.25, -0.2) is 0 Å². The molecule has 1 aliphatic heterocycles. The summed E-state index contributed by atoms with van der Waals surface area (Å²) < 4.78 is 0. The molecule has 0 aromatic rings. The Hall–Kier alpha value is -0.505. The van der Waals surface area contributed by atoms with Crippen LogP contribution in [-0.2, 0) is 0 Å². The van der Waals surface area contributed by atoms with Gasteiger partial charge in [0.05, 0.1) is 0 Å². The lowest BCUT2D eigenvalue weighted by Crippen LogP contribution is -2.48. The molecule has 0 spiro atoms. The van der Waals surface area contributed by atoms with Gasteiger partial charge in [0.25, 0.3) is 0 Å². The first-order chi connectivity index (χ1) is 5.91. The molecule has 2 N–H and O–H groups in total. The molecule has 1 heterocycles. The van der Waals surface area contributed by atoms with Gasteiger partial charge < -0.3 is 10.6 Å². The largest absolute Gasteiger partial charge is 0.353 e. The zero-order valence-corrected chi connectivity index (χ0v) is 8.42. The van der Waals surface area contributed by atoms with Crippen molar-refractivity contribution in [3.05, 3.63) is 0 Å². The van der Waals surface area contributed by atoms with Crippen molar-refractivity contribution in [1.82, 2.24) is 4.90 Å². The van der Waals surface area contributed by atoms with Gasteiger partial charge in [-0.1, -0.05) is 0 Å². The van der Waals surface area contributed by atoms with E-state index < -0.39 is 0 Å². The molecular formula is C9H17BN2O. The Bertz CT molecular complexity index is 192. The van der Waals surface area contributed by atoms with Crippen LogP contribution in [0.15, 0.2) is 0 Å². The smallest absolute Gasteiger partial charge is 0.200 e. The summed E-state index contributed by atoms with van der Waals surface area (Å²) in [7, 11) is 5.18. The van der Waals surface area contributed by atoms with Crippen LogP contribution in [-0.4, -0.2) is 37.2 Å². The number of hydrogen-bond donors (Lipinski definition) is 1. The van der Waals surface area contributed by atoms with E-state index in [0.29, 0.717) is 5.92 Å². The minimum Gasteiger partial charge on any atom is -0.353 e. The van der Waals surface area contributed by atoms with Crippen molar-refractivity contribution in [3.63, 3.8) is 0 Å². The van der Waals surface area contributed by atoms with E-state index in [9.17, 15) is 4.79 Å². The van der Waals surface area contributed by atoms with Gasteiger partial charge in [-0.2, -0.15) is 0 Å². The highest BCUT2D eigenvalue weighted by atomic mass is 16.1. The summed E-state index contributed by atoms with van der Waals surface area (Å²) in [6.45, 7) is 5.58. The van der Waals surface area contributed by atoms with Crippen molar-refractivity contribution >= 4 is 13.7 Å². The molecule has 72 valence electrons. The van der Waals surface area contributed by atoms with E-state index in [1.807, 2.05) is 13.8 Å². The predicted molar refractivity (Wildman–Crippen MR) is 53.7 cm³/mol. The number of carbonyl (C=O) groups is 1. The van der Waals surface area contributed by atoms with Gasteiger partial charge in [0.15, 0.2) is 5.81 Å². The molecular weight excluding hydrogens is 163 g/mol. The van der Waals surface area contributed by atoms with Crippen molar-refractivity contribution in [1.29, 1.82) is 0 Å². The molecule has 0 aromatic carbocycles. The Morgan fingerprint density at radius 2 is 1.92 bits per heavy atom. The quantitative estimate of drug-likeness (QED) is 0.604. The van der Waals surface area contributed by atoms with Gasteiger partial charge in [-0.3, -0.25) is 4.79 Å². The minimum absolute atomic E-state index is 0.135. The summed E-state index contributed by atoms with van der Waals surface area (Å²) in [5, 5.41) is 0. The third kappa shape index (κ3) is 2.73. The third-order valence-corrected chi connectivity index (χ3v) is 2.86. The maximum absolute atomic E-state index is 10.8. The summed E-state index contributed by atoms with van der Waals surface area (Å²) in [4.78, 5) is 12.5. The number of likely N-dealkylation sites (tertiary alicyclic amines) is 1.